The van der Waals surface area contributed by atoms with E-state index >= 15 is 0 Å². The summed E-state index contributed by atoms with van der Waals surface area (Å²) in [6, 6.07) is 7.37. The number of carbonyl (C=O) groups is 3. The first kappa shape index (κ1) is 22.3. The largest absolute Gasteiger partial charge is 0.497 e. The van der Waals surface area contributed by atoms with Crippen molar-refractivity contribution in [2.75, 3.05) is 33.9 Å². The van der Waals surface area contributed by atoms with Gasteiger partial charge >= 0.3 is 0 Å². The zero-order valence-corrected chi connectivity index (χ0v) is 18.2. The minimum atomic E-state index is -1.20. The summed E-state index contributed by atoms with van der Waals surface area (Å²) in [5.74, 6) is -0.0481. The summed E-state index contributed by atoms with van der Waals surface area (Å²) in [5, 5.41) is 0. The molecular weight excluding hydrogens is 384 g/mol. The number of nitrogens with zero attached hydrogens (tertiary/aromatic N) is 2. The molecule has 7 nitrogen and oxygen atoms in total. The third-order valence-corrected chi connectivity index (χ3v) is 6.42. The number of benzene rings is 1. The number of ether oxygens (including phenoxy) is 2. The number of amides is 3. The van der Waals surface area contributed by atoms with E-state index in [1.807, 2.05) is 11.0 Å². The van der Waals surface area contributed by atoms with E-state index in [0.29, 0.717) is 17.9 Å². The predicted octanol–water partition coefficient (Wildman–Crippen LogP) is 2.52. The molecule has 0 aliphatic carbocycles. The van der Waals surface area contributed by atoms with Crippen molar-refractivity contribution in [3.63, 3.8) is 0 Å². The van der Waals surface area contributed by atoms with Gasteiger partial charge in [-0.15, -0.1) is 0 Å². The Kier molecular flexibility index (Phi) is 7.13. The maximum Gasteiger partial charge on any atom is 0.240 e. The highest BCUT2D eigenvalue weighted by atomic mass is 16.5. The maximum absolute atomic E-state index is 13.6. The molecule has 0 saturated carbocycles. The number of hydrogen-bond donors (Lipinski definition) is 0. The fourth-order valence-electron chi connectivity index (χ4n) is 4.71. The van der Waals surface area contributed by atoms with E-state index in [9.17, 15) is 14.4 Å². The Labute approximate surface area is 178 Å². The monoisotopic (exact) mass is 416 g/mol. The number of rotatable bonds is 8. The second kappa shape index (κ2) is 9.60. The Balaban J connectivity index is 1.97. The van der Waals surface area contributed by atoms with E-state index in [1.165, 1.54) is 12.0 Å². The fraction of sp³-hybridized carbons (Fsp3) is 0.609. The summed E-state index contributed by atoms with van der Waals surface area (Å²) in [5.41, 5.74) is -0.551. The van der Waals surface area contributed by atoms with Crippen molar-refractivity contribution in [3.8, 4) is 5.75 Å². The van der Waals surface area contributed by atoms with Gasteiger partial charge in [0.2, 0.25) is 17.7 Å². The first-order chi connectivity index (χ1) is 14.5. The van der Waals surface area contributed by atoms with Gasteiger partial charge in [-0.05, 0) is 43.4 Å². The van der Waals surface area contributed by atoms with E-state index < -0.39 is 5.41 Å². The van der Waals surface area contributed by atoms with E-state index in [2.05, 4.69) is 6.92 Å². The van der Waals surface area contributed by atoms with Gasteiger partial charge in [0, 0.05) is 32.5 Å². The number of piperidine rings is 1. The van der Waals surface area contributed by atoms with Crippen LogP contribution in [0, 0.1) is 0 Å². The van der Waals surface area contributed by atoms with E-state index in [-0.39, 0.29) is 49.8 Å². The first-order valence-electron chi connectivity index (χ1n) is 10.7. The van der Waals surface area contributed by atoms with Gasteiger partial charge in [-0.25, -0.2) is 0 Å². The van der Waals surface area contributed by atoms with Crippen molar-refractivity contribution in [3.05, 3.63) is 29.8 Å². The number of methoxy groups -OCH3 is 2. The molecule has 2 atom stereocenters. The van der Waals surface area contributed by atoms with Crippen LogP contribution in [-0.2, 0) is 24.5 Å². The number of hydrogen-bond acceptors (Lipinski definition) is 5. The molecule has 1 aromatic rings. The number of carbonyl (C=O) groups excluding carboxylic acids is 3. The van der Waals surface area contributed by atoms with Crippen molar-refractivity contribution >= 4 is 17.7 Å². The van der Waals surface area contributed by atoms with Crippen LogP contribution in [0.15, 0.2) is 24.3 Å². The van der Waals surface area contributed by atoms with Crippen LogP contribution in [0.1, 0.15) is 51.0 Å². The molecule has 2 aliphatic heterocycles. The van der Waals surface area contributed by atoms with Crippen LogP contribution >= 0.6 is 0 Å². The molecule has 3 amide bonds. The summed E-state index contributed by atoms with van der Waals surface area (Å²) >= 11 is 0. The SMILES string of the molecule is CC[C@@H]1CCCCN1C(=O)C[C@@]1(c2cccc(OC)c2)CC(=O)N(CCOC)C1=O. The molecule has 0 N–H and O–H groups in total. The molecule has 0 unspecified atom stereocenters. The van der Waals surface area contributed by atoms with Crippen molar-refractivity contribution in [1.29, 1.82) is 0 Å². The molecule has 2 fully saturated rings. The summed E-state index contributed by atoms with van der Waals surface area (Å²) in [6.07, 6.45) is 3.95. The van der Waals surface area contributed by atoms with Gasteiger partial charge in [0.1, 0.15) is 5.75 Å². The molecule has 0 spiro atoms. The van der Waals surface area contributed by atoms with Crippen molar-refractivity contribution in [2.45, 2.75) is 56.9 Å². The van der Waals surface area contributed by atoms with Gasteiger partial charge in [0.15, 0.2) is 0 Å². The lowest BCUT2D eigenvalue weighted by Crippen LogP contribution is -2.48. The van der Waals surface area contributed by atoms with E-state index in [1.54, 1.807) is 25.3 Å². The average Bonchev–Trinajstić information content (AvgIpc) is 3.01. The van der Waals surface area contributed by atoms with Crippen LogP contribution in [0.4, 0.5) is 0 Å². The normalized spacial score (nSPS) is 24.4. The molecule has 2 saturated heterocycles. The Morgan fingerprint density at radius 3 is 2.73 bits per heavy atom. The number of likely N-dealkylation sites (tertiary alicyclic amines) is 2. The first-order valence-corrected chi connectivity index (χ1v) is 10.7. The average molecular weight is 417 g/mol. The molecule has 2 aliphatic rings. The summed E-state index contributed by atoms with van der Waals surface area (Å²) in [4.78, 5) is 42.9. The van der Waals surface area contributed by atoms with Crippen LogP contribution in [-0.4, -0.2) is 67.5 Å². The number of imide groups is 1. The zero-order chi connectivity index (χ0) is 21.7. The molecule has 1 aromatic carbocycles. The Bertz CT molecular complexity index is 796. The van der Waals surface area contributed by atoms with Crippen LogP contribution in [0.5, 0.6) is 5.75 Å². The Hall–Kier alpha value is -2.41. The van der Waals surface area contributed by atoms with E-state index in [0.717, 1.165) is 25.7 Å². The van der Waals surface area contributed by atoms with Gasteiger partial charge in [-0.2, -0.15) is 0 Å². The summed E-state index contributed by atoms with van der Waals surface area (Å²) < 4.78 is 10.4. The maximum atomic E-state index is 13.6. The van der Waals surface area contributed by atoms with Crippen LogP contribution in [0.2, 0.25) is 0 Å². The highest BCUT2D eigenvalue weighted by Crippen LogP contribution is 2.41. The third kappa shape index (κ3) is 4.21. The van der Waals surface area contributed by atoms with Gasteiger partial charge in [-0.3, -0.25) is 19.3 Å². The lowest BCUT2D eigenvalue weighted by Gasteiger charge is -2.37. The van der Waals surface area contributed by atoms with E-state index in [4.69, 9.17) is 9.47 Å². The topological polar surface area (TPSA) is 76.2 Å². The summed E-state index contributed by atoms with van der Waals surface area (Å²) in [6.45, 7) is 3.25. The highest BCUT2D eigenvalue weighted by molar-refractivity contribution is 6.10. The molecular formula is C23H32N2O5. The van der Waals surface area contributed by atoms with Gasteiger partial charge in [0.25, 0.3) is 0 Å². The lowest BCUT2D eigenvalue weighted by atomic mass is 9.75. The smallest absolute Gasteiger partial charge is 0.240 e. The van der Waals surface area contributed by atoms with Crippen LogP contribution < -0.4 is 4.74 Å². The van der Waals surface area contributed by atoms with Crippen LogP contribution in [0.3, 0.4) is 0 Å². The highest BCUT2D eigenvalue weighted by Gasteiger charge is 2.54. The summed E-state index contributed by atoms with van der Waals surface area (Å²) in [7, 11) is 3.09. The van der Waals surface area contributed by atoms with Crippen molar-refractivity contribution in [2.24, 2.45) is 0 Å². The fourth-order valence-corrected chi connectivity index (χ4v) is 4.71. The zero-order valence-electron chi connectivity index (χ0n) is 18.2. The molecule has 164 valence electrons. The third-order valence-electron chi connectivity index (χ3n) is 6.42. The van der Waals surface area contributed by atoms with Gasteiger partial charge in [0.05, 0.1) is 25.7 Å². The molecule has 3 rings (SSSR count). The standard InChI is InChI=1S/C23H32N2O5/c1-4-18-9-5-6-11-24(18)20(26)15-23(17-8-7-10-19(14-17)30-3)16-21(27)25(22(23)28)12-13-29-2/h7-8,10,14,18H,4-6,9,11-13,15-16H2,1-3H3/t18-,23+/m1/s1. The van der Waals surface area contributed by atoms with Crippen LogP contribution in [0.25, 0.3) is 0 Å². The second-order valence-corrected chi connectivity index (χ2v) is 8.16. The predicted molar refractivity (Wildman–Crippen MR) is 112 cm³/mol. The molecule has 0 radical (unpaired) electrons. The lowest BCUT2D eigenvalue weighted by molar-refractivity contribution is -0.144. The Morgan fingerprint density at radius 2 is 2.03 bits per heavy atom. The van der Waals surface area contributed by atoms with Crippen molar-refractivity contribution in [1.82, 2.24) is 9.80 Å². The Morgan fingerprint density at radius 1 is 1.23 bits per heavy atom. The molecule has 2 heterocycles. The second-order valence-electron chi connectivity index (χ2n) is 8.16. The molecule has 7 heteroatoms. The van der Waals surface area contributed by atoms with Gasteiger partial charge < -0.3 is 14.4 Å². The minimum absolute atomic E-state index is 0.00920. The molecule has 30 heavy (non-hydrogen) atoms. The molecule has 0 bridgehead atoms. The van der Waals surface area contributed by atoms with Crippen molar-refractivity contribution < 1.29 is 23.9 Å². The minimum Gasteiger partial charge on any atom is -0.497 e. The molecule has 0 aromatic heterocycles. The van der Waals surface area contributed by atoms with Gasteiger partial charge in [-0.1, -0.05) is 19.1 Å². The quantitative estimate of drug-likeness (QED) is 0.609.